The highest BCUT2D eigenvalue weighted by molar-refractivity contribution is 5.28. The van der Waals surface area contributed by atoms with Crippen molar-refractivity contribution in [1.29, 1.82) is 0 Å². The lowest BCUT2D eigenvalue weighted by Gasteiger charge is -2.21. The molecule has 1 atom stereocenters. The third-order valence-electron chi connectivity index (χ3n) is 3.16. The monoisotopic (exact) mass is 273 g/mol. The van der Waals surface area contributed by atoms with E-state index in [-0.39, 0.29) is 12.5 Å². The highest BCUT2D eigenvalue weighted by Crippen LogP contribution is 2.27. The van der Waals surface area contributed by atoms with Crippen LogP contribution in [0.2, 0.25) is 0 Å². The molecule has 108 valence electrons. The Kier molecular flexibility index (Phi) is 6.35. The van der Waals surface area contributed by atoms with Crippen LogP contribution in [-0.2, 0) is 0 Å². The normalized spacial score (nSPS) is 13.5. The smallest absolute Gasteiger partial charge is 0.310 e. The van der Waals surface area contributed by atoms with Gasteiger partial charge in [0, 0.05) is 12.5 Å². The standard InChI is InChI=1S/C15H22F3N/c1-3-11-19-14(9-6-10-15(16,17)18)13-8-5-4-7-12(13)2/h4-5,7-8,14,19H,3,6,9-11H2,1-2H3. The van der Waals surface area contributed by atoms with Gasteiger partial charge in [-0.1, -0.05) is 31.2 Å². The topological polar surface area (TPSA) is 12.0 Å². The fourth-order valence-electron chi connectivity index (χ4n) is 2.17. The molecule has 0 spiro atoms. The predicted octanol–water partition coefficient (Wildman–Crippen LogP) is 4.77. The maximum atomic E-state index is 12.2. The third kappa shape index (κ3) is 6.10. The van der Waals surface area contributed by atoms with Gasteiger partial charge < -0.3 is 5.32 Å². The summed E-state index contributed by atoms with van der Waals surface area (Å²) < 4.78 is 36.7. The first-order chi connectivity index (χ1) is 8.94. The van der Waals surface area contributed by atoms with Gasteiger partial charge in [-0.3, -0.25) is 0 Å². The first-order valence-corrected chi connectivity index (χ1v) is 6.79. The molecule has 0 saturated carbocycles. The van der Waals surface area contributed by atoms with Gasteiger partial charge >= 0.3 is 6.18 Å². The van der Waals surface area contributed by atoms with Gasteiger partial charge in [-0.25, -0.2) is 0 Å². The number of rotatable bonds is 7. The zero-order chi connectivity index (χ0) is 14.3. The van der Waals surface area contributed by atoms with Gasteiger partial charge in [-0.05, 0) is 43.9 Å². The van der Waals surface area contributed by atoms with Crippen LogP contribution in [0.3, 0.4) is 0 Å². The van der Waals surface area contributed by atoms with Crippen molar-refractivity contribution in [3.05, 3.63) is 35.4 Å². The van der Waals surface area contributed by atoms with Crippen molar-refractivity contribution in [3.8, 4) is 0 Å². The molecule has 0 aliphatic rings. The van der Waals surface area contributed by atoms with Crippen LogP contribution in [0, 0.1) is 6.92 Å². The summed E-state index contributed by atoms with van der Waals surface area (Å²) in [5, 5.41) is 3.35. The van der Waals surface area contributed by atoms with E-state index in [0.29, 0.717) is 6.42 Å². The lowest BCUT2D eigenvalue weighted by molar-refractivity contribution is -0.135. The van der Waals surface area contributed by atoms with Crippen LogP contribution < -0.4 is 5.32 Å². The molecule has 0 fully saturated rings. The summed E-state index contributed by atoms with van der Waals surface area (Å²) in [6, 6.07) is 7.90. The summed E-state index contributed by atoms with van der Waals surface area (Å²) in [5.41, 5.74) is 2.24. The molecule has 0 aliphatic heterocycles. The number of hydrogen-bond acceptors (Lipinski definition) is 1. The van der Waals surface area contributed by atoms with E-state index in [1.807, 2.05) is 31.2 Å². The summed E-state index contributed by atoms with van der Waals surface area (Å²) in [6.07, 6.45) is -3.10. The molecule has 0 aliphatic carbocycles. The SMILES string of the molecule is CCCNC(CCCC(F)(F)F)c1ccccc1C. The molecule has 1 N–H and O–H groups in total. The molecule has 0 heterocycles. The van der Waals surface area contributed by atoms with Crippen molar-refractivity contribution in [1.82, 2.24) is 5.32 Å². The molecular formula is C15H22F3N. The third-order valence-corrected chi connectivity index (χ3v) is 3.16. The first-order valence-electron chi connectivity index (χ1n) is 6.79. The Labute approximate surface area is 113 Å². The average Bonchev–Trinajstić information content (AvgIpc) is 2.33. The number of hydrogen-bond donors (Lipinski definition) is 1. The van der Waals surface area contributed by atoms with Gasteiger partial charge in [0.1, 0.15) is 0 Å². The van der Waals surface area contributed by atoms with Crippen molar-refractivity contribution in [3.63, 3.8) is 0 Å². The molecule has 0 bridgehead atoms. The molecule has 0 aromatic heterocycles. The van der Waals surface area contributed by atoms with Crippen molar-refractivity contribution >= 4 is 0 Å². The lowest BCUT2D eigenvalue weighted by Crippen LogP contribution is -2.23. The Balaban J connectivity index is 2.64. The molecule has 19 heavy (non-hydrogen) atoms. The van der Waals surface area contributed by atoms with Gasteiger partial charge in [-0.2, -0.15) is 13.2 Å². The minimum atomic E-state index is -4.05. The van der Waals surface area contributed by atoms with Crippen molar-refractivity contribution in [2.75, 3.05) is 6.54 Å². The minimum absolute atomic E-state index is 0.0171. The van der Waals surface area contributed by atoms with E-state index in [1.165, 1.54) is 0 Å². The van der Waals surface area contributed by atoms with Crippen molar-refractivity contribution < 1.29 is 13.2 Å². The number of aryl methyl sites for hydroxylation is 1. The predicted molar refractivity (Wildman–Crippen MR) is 72.1 cm³/mol. The number of halogens is 3. The lowest BCUT2D eigenvalue weighted by atomic mass is 9.96. The van der Waals surface area contributed by atoms with Crippen LogP contribution in [0.15, 0.2) is 24.3 Å². The van der Waals surface area contributed by atoms with Crippen molar-refractivity contribution in [2.45, 2.75) is 51.7 Å². The van der Waals surface area contributed by atoms with Crippen LogP contribution in [0.4, 0.5) is 13.2 Å². The largest absolute Gasteiger partial charge is 0.389 e. The molecule has 0 amide bonds. The minimum Gasteiger partial charge on any atom is -0.310 e. The average molecular weight is 273 g/mol. The first kappa shape index (κ1) is 16.0. The van der Waals surface area contributed by atoms with E-state index in [2.05, 4.69) is 12.2 Å². The Hall–Kier alpha value is -1.03. The van der Waals surface area contributed by atoms with Crippen molar-refractivity contribution in [2.24, 2.45) is 0 Å². The number of alkyl halides is 3. The summed E-state index contributed by atoms with van der Waals surface area (Å²) in [7, 11) is 0. The maximum Gasteiger partial charge on any atom is 0.389 e. The second-order valence-electron chi connectivity index (χ2n) is 4.87. The molecule has 1 aromatic rings. The second kappa shape index (κ2) is 7.53. The van der Waals surface area contributed by atoms with E-state index < -0.39 is 12.6 Å². The fourth-order valence-corrected chi connectivity index (χ4v) is 2.17. The Bertz CT molecular complexity index is 374. The molecule has 4 heteroatoms. The number of nitrogens with one attached hydrogen (secondary N) is 1. The van der Waals surface area contributed by atoms with Gasteiger partial charge in [0.15, 0.2) is 0 Å². The summed E-state index contributed by atoms with van der Waals surface area (Å²) >= 11 is 0. The number of benzene rings is 1. The van der Waals surface area contributed by atoms with E-state index in [9.17, 15) is 13.2 Å². The Morgan fingerprint density at radius 1 is 1.21 bits per heavy atom. The van der Waals surface area contributed by atoms with Crippen LogP contribution in [-0.4, -0.2) is 12.7 Å². The molecular weight excluding hydrogens is 251 g/mol. The quantitative estimate of drug-likeness (QED) is 0.754. The Morgan fingerprint density at radius 3 is 2.47 bits per heavy atom. The summed E-state index contributed by atoms with van der Waals surface area (Å²) in [6.45, 7) is 4.88. The van der Waals surface area contributed by atoms with E-state index in [0.717, 1.165) is 24.1 Å². The van der Waals surface area contributed by atoms with Crippen LogP contribution >= 0.6 is 0 Å². The van der Waals surface area contributed by atoms with E-state index in [4.69, 9.17) is 0 Å². The summed E-state index contributed by atoms with van der Waals surface area (Å²) in [4.78, 5) is 0. The fraction of sp³-hybridized carbons (Fsp3) is 0.600. The van der Waals surface area contributed by atoms with Gasteiger partial charge in [0.25, 0.3) is 0 Å². The molecule has 0 saturated heterocycles. The second-order valence-corrected chi connectivity index (χ2v) is 4.87. The highest BCUT2D eigenvalue weighted by Gasteiger charge is 2.27. The van der Waals surface area contributed by atoms with Gasteiger partial charge in [0.2, 0.25) is 0 Å². The van der Waals surface area contributed by atoms with Crippen LogP contribution in [0.25, 0.3) is 0 Å². The maximum absolute atomic E-state index is 12.2. The summed E-state index contributed by atoms with van der Waals surface area (Å²) in [5.74, 6) is 0. The Morgan fingerprint density at radius 2 is 1.89 bits per heavy atom. The molecule has 1 nitrogen and oxygen atoms in total. The van der Waals surface area contributed by atoms with E-state index in [1.54, 1.807) is 0 Å². The molecule has 1 unspecified atom stereocenters. The van der Waals surface area contributed by atoms with Crippen LogP contribution in [0.5, 0.6) is 0 Å². The van der Waals surface area contributed by atoms with Gasteiger partial charge in [0.05, 0.1) is 0 Å². The van der Waals surface area contributed by atoms with Gasteiger partial charge in [-0.15, -0.1) is 0 Å². The molecule has 0 radical (unpaired) electrons. The highest BCUT2D eigenvalue weighted by atomic mass is 19.4. The van der Waals surface area contributed by atoms with Crippen LogP contribution in [0.1, 0.15) is 49.8 Å². The molecule has 1 aromatic carbocycles. The van der Waals surface area contributed by atoms with E-state index >= 15 is 0 Å². The zero-order valence-electron chi connectivity index (χ0n) is 11.6. The zero-order valence-corrected chi connectivity index (χ0v) is 11.6. The molecule has 1 rings (SSSR count).